The van der Waals surface area contributed by atoms with Gasteiger partial charge in [0.1, 0.15) is 0 Å². The summed E-state index contributed by atoms with van der Waals surface area (Å²) in [6, 6.07) is 11.8. The lowest BCUT2D eigenvalue weighted by molar-refractivity contribution is -0.115. The van der Waals surface area contributed by atoms with E-state index in [1.165, 1.54) is 0 Å². The molecule has 0 unspecified atom stereocenters. The SMILES string of the molecule is CCCOC(=O)c1ccc(NC(=O)c2ccc3c(c2)NC(=O)CCS3)cc1. The number of anilines is 2. The molecule has 140 valence electrons. The summed E-state index contributed by atoms with van der Waals surface area (Å²) in [5.41, 5.74) is 2.11. The molecule has 0 bridgehead atoms. The molecule has 2 aromatic rings. The number of rotatable bonds is 5. The van der Waals surface area contributed by atoms with Crippen molar-refractivity contribution in [2.24, 2.45) is 0 Å². The van der Waals surface area contributed by atoms with E-state index in [0.29, 0.717) is 35.5 Å². The summed E-state index contributed by atoms with van der Waals surface area (Å²) >= 11 is 1.59. The van der Waals surface area contributed by atoms with Crippen LogP contribution in [-0.4, -0.2) is 30.1 Å². The van der Waals surface area contributed by atoms with Crippen LogP contribution in [0.5, 0.6) is 0 Å². The number of carbonyl (C=O) groups excluding carboxylic acids is 3. The average molecular weight is 384 g/mol. The van der Waals surface area contributed by atoms with Crippen molar-refractivity contribution in [1.82, 2.24) is 0 Å². The summed E-state index contributed by atoms with van der Waals surface area (Å²) in [4.78, 5) is 37.0. The topological polar surface area (TPSA) is 84.5 Å². The molecule has 0 saturated carbocycles. The minimum atomic E-state index is -0.381. The van der Waals surface area contributed by atoms with Crippen LogP contribution in [0.1, 0.15) is 40.5 Å². The fourth-order valence-corrected chi connectivity index (χ4v) is 3.47. The van der Waals surface area contributed by atoms with E-state index in [-0.39, 0.29) is 17.8 Å². The number of hydrogen-bond donors (Lipinski definition) is 2. The molecule has 0 aliphatic carbocycles. The summed E-state index contributed by atoms with van der Waals surface area (Å²) < 4.78 is 5.08. The molecular weight excluding hydrogens is 364 g/mol. The smallest absolute Gasteiger partial charge is 0.338 e. The molecular formula is C20H20N2O4S. The highest BCUT2D eigenvalue weighted by Gasteiger charge is 2.16. The largest absolute Gasteiger partial charge is 0.462 e. The number of thioether (sulfide) groups is 1. The van der Waals surface area contributed by atoms with E-state index < -0.39 is 0 Å². The van der Waals surface area contributed by atoms with E-state index in [2.05, 4.69) is 10.6 Å². The van der Waals surface area contributed by atoms with Gasteiger partial charge in [0, 0.05) is 28.3 Å². The predicted octanol–water partition coefficient (Wildman–Crippen LogP) is 3.94. The van der Waals surface area contributed by atoms with E-state index in [9.17, 15) is 14.4 Å². The lowest BCUT2D eigenvalue weighted by Gasteiger charge is -2.10. The van der Waals surface area contributed by atoms with Crippen LogP contribution in [-0.2, 0) is 9.53 Å². The third kappa shape index (κ3) is 4.89. The molecule has 1 heterocycles. The first-order chi connectivity index (χ1) is 13.1. The lowest BCUT2D eigenvalue weighted by atomic mass is 10.1. The number of nitrogens with one attached hydrogen (secondary N) is 2. The molecule has 2 aromatic carbocycles. The average Bonchev–Trinajstić information content (AvgIpc) is 2.86. The molecule has 1 aliphatic heterocycles. The first-order valence-electron chi connectivity index (χ1n) is 8.72. The Hall–Kier alpha value is -2.80. The molecule has 7 heteroatoms. The van der Waals surface area contributed by atoms with Gasteiger partial charge in [0.05, 0.1) is 17.9 Å². The highest BCUT2D eigenvalue weighted by molar-refractivity contribution is 7.99. The molecule has 2 N–H and O–H groups in total. The van der Waals surface area contributed by atoms with Gasteiger partial charge in [0.25, 0.3) is 5.91 Å². The second kappa shape index (κ2) is 8.73. The number of carbonyl (C=O) groups is 3. The van der Waals surface area contributed by atoms with Crippen molar-refractivity contribution in [2.45, 2.75) is 24.7 Å². The van der Waals surface area contributed by atoms with Crippen molar-refractivity contribution in [3.05, 3.63) is 53.6 Å². The molecule has 0 atom stereocenters. The Kier molecular flexibility index (Phi) is 6.13. The summed E-state index contributed by atoms with van der Waals surface area (Å²) in [6.07, 6.45) is 1.22. The van der Waals surface area contributed by atoms with Gasteiger partial charge in [-0.3, -0.25) is 9.59 Å². The van der Waals surface area contributed by atoms with Crippen molar-refractivity contribution in [2.75, 3.05) is 23.0 Å². The summed E-state index contributed by atoms with van der Waals surface area (Å²) in [5, 5.41) is 5.62. The van der Waals surface area contributed by atoms with E-state index in [0.717, 1.165) is 17.1 Å². The highest BCUT2D eigenvalue weighted by atomic mass is 32.2. The first-order valence-corrected chi connectivity index (χ1v) is 9.70. The van der Waals surface area contributed by atoms with Gasteiger partial charge in [0.2, 0.25) is 5.91 Å². The second-order valence-electron chi connectivity index (χ2n) is 6.02. The Balaban J connectivity index is 1.68. The van der Waals surface area contributed by atoms with Crippen LogP contribution in [0, 0.1) is 0 Å². The number of ether oxygens (including phenoxy) is 1. The number of benzene rings is 2. The van der Waals surface area contributed by atoms with Crippen molar-refractivity contribution in [3.63, 3.8) is 0 Å². The number of esters is 1. The fourth-order valence-electron chi connectivity index (χ4n) is 2.53. The maximum atomic E-state index is 12.5. The van der Waals surface area contributed by atoms with Crippen LogP contribution in [0.15, 0.2) is 47.4 Å². The van der Waals surface area contributed by atoms with Gasteiger partial charge in [-0.05, 0) is 48.9 Å². The minimum absolute atomic E-state index is 0.0515. The normalized spacial score (nSPS) is 13.1. The summed E-state index contributed by atoms with van der Waals surface area (Å²) in [5.74, 6) is -0.00193. The molecule has 6 nitrogen and oxygen atoms in total. The molecule has 1 aliphatic rings. The Bertz CT molecular complexity index is 865. The zero-order valence-electron chi connectivity index (χ0n) is 14.9. The van der Waals surface area contributed by atoms with Gasteiger partial charge >= 0.3 is 5.97 Å². The Morgan fingerprint density at radius 3 is 2.63 bits per heavy atom. The zero-order chi connectivity index (χ0) is 19.2. The van der Waals surface area contributed by atoms with Crippen LogP contribution in [0.2, 0.25) is 0 Å². The van der Waals surface area contributed by atoms with E-state index in [4.69, 9.17) is 4.74 Å². The maximum Gasteiger partial charge on any atom is 0.338 e. The van der Waals surface area contributed by atoms with Crippen LogP contribution in [0.25, 0.3) is 0 Å². The van der Waals surface area contributed by atoms with Gasteiger partial charge in [-0.2, -0.15) is 0 Å². The predicted molar refractivity (Wildman–Crippen MR) is 105 cm³/mol. The molecule has 0 saturated heterocycles. The quantitative estimate of drug-likeness (QED) is 0.763. The second-order valence-corrected chi connectivity index (χ2v) is 7.16. The van der Waals surface area contributed by atoms with Crippen LogP contribution in [0.3, 0.4) is 0 Å². The number of hydrogen-bond acceptors (Lipinski definition) is 5. The Morgan fingerprint density at radius 2 is 1.89 bits per heavy atom. The van der Waals surface area contributed by atoms with E-state index >= 15 is 0 Å². The number of amides is 2. The monoisotopic (exact) mass is 384 g/mol. The van der Waals surface area contributed by atoms with Crippen molar-refractivity contribution < 1.29 is 19.1 Å². The molecule has 0 radical (unpaired) electrons. The van der Waals surface area contributed by atoms with E-state index in [1.807, 2.05) is 13.0 Å². The van der Waals surface area contributed by atoms with Crippen molar-refractivity contribution >= 4 is 40.9 Å². The summed E-state index contributed by atoms with van der Waals surface area (Å²) in [6.45, 7) is 2.31. The lowest BCUT2D eigenvalue weighted by Crippen LogP contribution is -2.14. The minimum Gasteiger partial charge on any atom is -0.462 e. The molecule has 3 rings (SSSR count). The molecule has 27 heavy (non-hydrogen) atoms. The third-order valence-electron chi connectivity index (χ3n) is 3.92. The van der Waals surface area contributed by atoms with Gasteiger partial charge in [-0.1, -0.05) is 6.92 Å². The van der Waals surface area contributed by atoms with Gasteiger partial charge < -0.3 is 15.4 Å². The van der Waals surface area contributed by atoms with Crippen LogP contribution < -0.4 is 10.6 Å². The van der Waals surface area contributed by atoms with Gasteiger partial charge in [0.15, 0.2) is 0 Å². The van der Waals surface area contributed by atoms with E-state index in [1.54, 1.807) is 48.2 Å². The number of fused-ring (bicyclic) bond motifs is 1. The Labute approximate surface area is 161 Å². The van der Waals surface area contributed by atoms with Gasteiger partial charge in [-0.25, -0.2) is 4.79 Å². The zero-order valence-corrected chi connectivity index (χ0v) is 15.7. The third-order valence-corrected chi connectivity index (χ3v) is 4.99. The van der Waals surface area contributed by atoms with Crippen molar-refractivity contribution in [3.8, 4) is 0 Å². The van der Waals surface area contributed by atoms with Crippen LogP contribution >= 0.6 is 11.8 Å². The molecule has 0 aromatic heterocycles. The molecule has 0 spiro atoms. The molecule has 0 fully saturated rings. The molecule has 2 amide bonds. The fraction of sp³-hybridized carbons (Fsp3) is 0.250. The first kappa shape index (κ1) is 19.0. The highest BCUT2D eigenvalue weighted by Crippen LogP contribution is 2.31. The van der Waals surface area contributed by atoms with Crippen molar-refractivity contribution in [1.29, 1.82) is 0 Å². The van der Waals surface area contributed by atoms with Crippen LogP contribution in [0.4, 0.5) is 11.4 Å². The summed E-state index contributed by atoms with van der Waals surface area (Å²) in [7, 11) is 0. The standard InChI is InChI=1S/C20H20N2O4S/c1-2-10-26-20(25)13-3-6-15(7-4-13)21-19(24)14-5-8-17-16(12-14)22-18(23)9-11-27-17/h3-8,12H,2,9-11H2,1H3,(H,21,24)(H,22,23). The Morgan fingerprint density at radius 1 is 1.15 bits per heavy atom. The van der Waals surface area contributed by atoms with Gasteiger partial charge in [-0.15, -0.1) is 11.8 Å². The maximum absolute atomic E-state index is 12.5.